The van der Waals surface area contributed by atoms with Crippen LogP contribution >= 0.6 is 0 Å². The number of nitrogens with zero attached hydrogens (tertiary/aromatic N) is 4. The third kappa shape index (κ3) is 6.08. The number of rotatable bonds is 7. The first kappa shape index (κ1) is 22.3. The van der Waals surface area contributed by atoms with E-state index in [9.17, 15) is 0 Å². The van der Waals surface area contributed by atoms with Crippen molar-refractivity contribution in [2.45, 2.75) is 60.2 Å². The standard InChI is InChI=1S/C24H38N6/c1-6-25-24(27-16-23-19(3)28-29(5)20(23)4)26-15-21-8-7-9-22(14-21)17-30-12-10-18(2)11-13-30/h7-9,14,18H,6,10-13,15-17H2,1-5H3,(H2,25,26,27). The summed E-state index contributed by atoms with van der Waals surface area (Å²) in [6.07, 6.45) is 2.63. The fourth-order valence-electron chi connectivity index (χ4n) is 4.06. The van der Waals surface area contributed by atoms with Crippen molar-refractivity contribution in [3.63, 3.8) is 0 Å². The zero-order chi connectivity index (χ0) is 21.5. The van der Waals surface area contributed by atoms with Crippen LogP contribution < -0.4 is 10.6 Å². The van der Waals surface area contributed by atoms with Crippen molar-refractivity contribution in [2.24, 2.45) is 18.0 Å². The first-order chi connectivity index (χ1) is 14.5. The number of likely N-dealkylation sites (tertiary alicyclic amines) is 1. The van der Waals surface area contributed by atoms with E-state index < -0.39 is 0 Å². The summed E-state index contributed by atoms with van der Waals surface area (Å²) in [6, 6.07) is 8.88. The topological polar surface area (TPSA) is 57.5 Å². The molecule has 2 aromatic rings. The van der Waals surface area contributed by atoms with Crippen LogP contribution in [0.25, 0.3) is 0 Å². The highest BCUT2D eigenvalue weighted by atomic mass is 15.3. The minimum absolute atomic E-state index is 0.672. The van der Waals surface area contributed by atoms with Gasteiger partial charge >= 0.3 is 0 Å². The second-order valence-corrected chi connectivity index (χ2v) is 8.60. The summed E-state index contributed by atoms with van der Waals surface area (Å²) in [7, 11) is 1.99. The number of guanidine groups is 1. The third-order valence-corrected chi connectivity index (χ3v) is 6.13. The number of benzene rings is 1. The van der Waals surface area contributed by atoms with Gasteiger partial charge in [-0.25, -0.2) is 4.99 Å². The summed E-state index contributed by atoms with van der Waals surface area (Å²) in [6.45, 7) is 14.3. The Balaban J connectivity index is 1.60. The Bertz CT molecular complexity index is 845. The van der Waals surface area contributed by atoms with Crippen LogP contribution in [0.15, 0.2) is 29.3 Å². The van der Waals surface area contributed by atoms with Gasteiger partial charge in [0.1, 0.15) is 0 Å². The van der Waals surface area contributed by atoms with Crippen molar-refractivity contribution in [1.82, 2.24) is 25.3 Å². The lowest BCUT2D eigenvalue weighted by Gasteiger charge is -2.30. The van der Waals surface area contributed by atoms with E-state index >= 15 is 0 Å². The Morgan fingerprint density at radius 2 is 1.90 bits per heavy atom. The molecule has 0 aliphatic carbocycles. The van der Waals surface area contributed by atoms with Crippen molar-refractivity contribution in [3.05, 3.63) is 52.3 Å². The van der Waals surface area contributed by atoms with Gasteiger partial charge in [0.25, 0.3) is 0 Å². The molecule has 0 unspecified atom stereocenters. The fourth-order valence-corrected chi connectivity index (χ4v) is 4.06. The highest BCUT2D eigenvalue weighted by Crippen LogP contribution is 2.18. The van der Waals surface area contributed by atoms with Crippen molar-refractivity contribution in [2.75, 3.05) is 19.6 Å². The van der Waals surface area contributed by atoms with Crippen molar-refractivity contribution >= 4 is 5.96 Å². The zero-order valence-electron chi connectivity index (χ0n) is 19.3. The number of nitrogens with one attached hydrogen (secondary N) is 2. The molecule has 1 aromatic heterocycles. The summed E-state index contributed by atoms with van der Waals surface area (Å²) >= 11 is 0. The second-order valence-electron chi connectivity index (χ2n) is 8.60. The number of aromatic nitrogens is 2. The molecule has 0 bridgehead atoms. The summed E-state index contributed by atoms with van der Waals surface area (Å²) < 4.78 is 1.94. The van der Waals surface area contributed by atoms with Crippen LogP contribution in [-0.4, -0.2) is 40.3 Å². The lowest BCUT2D eigenvalue weighted by Crippen LogP contribution is -2.37. The first-order valence-corrected chi connectivity index (χ1v) is 11.3. The predicted octanol–water partition coefficient (Wildman–Crippen LogP) is 3.52. The molecule has 2 heterocycles. The van der Waals surface area contributed by atoms with E-state index in [-0.39, 0.29) is 0 Å². The molecule has 0 atom stereocenters. The molecule has 30 heavy (non-hydrogen) atoms. The van der Waals surface area contributed by atoms with Crippen LogP contribution in [0.4, 0.5) is 0 Å². The monoisotopic (exact) mass is 410 g/mol. The average Bonchev–Trinajstić information content (AvgIpc) is 2.97. The van der Waals surface area contributed by atoms with E-state index in [2.05, 4.69) is 72.6 Å². The number of aryl methyl sites for hydroxylation is 2. The molecule has 2 N–H and O–H groups in total. The number of hydrogen-bond acceptors (Lipinski definition) is 3. The molecule has 0 saturated carbocycles. The normalized spacial score (nSPS) is 16.1. The van der Waals surface area contributed by atoms with Gasteiger partial charge in [0.15, 0.2) is 5.96 Å². The molecule has 0 spiro atoms. The van der Waals surface area contributed by atoms with Crippen LogP contribution in [0.3, 0.4) is 0 Å². The SMILES string of the molecule is CCNC(=NCc1cccc(CN2CCC(C)CC2)c1)NCc1c(C)nn(C)c1C. The van der Waals surface area contributed by atoms with Gasteiger partial charge in [0.05, 0.1) is 12.2 Å². The average molecular weight is 411 g/mol. The molecule has 164 valence electrons. The summed E-state index contributed by atoms with van der Waals surface area (Å²) in [5, 5.41) is 11.3. The quantitative estimate of drug-likeness (QED) is 0.542. The van der Waals surface area contributed by atoms with Gasteiger partial charge in [-0.3, -0.25) is 9.58 Å². The third-order valence-electron chi connectivity index (χ3n) is 6.13. The number of hydrogen-bond donors (Lipinski definition) is 2. The van der Waals surface area contributed by atoms with E-state index in [1.54, 1.807) is 0 Å². The molecule has 3 rings (SSSR count). The van der Waals surface area contributed by atoms with Gasteiger partial charge in [-0.15, -0.1) is 0 Å². The van der Waals surface area contributed by atoms with E-state index in [1.165, 1.54) is 48.3 Å². The Morgan fingerprint density at radius 1 is 1.17 bits per heavy atom. The van der Waals surface area contributed by atoms with Crippen LogP contribution in [0.1, 0.15) is 54.8 Å². The Kier molecular flexibility index (Phi) is 7.91. The number of aliphatic imine (C=N–C) groups is 1. The second kappa shape index (κ2) is 10.6. The Hall–Kier alpha value is -2.34. The molecule has 1 saturated heterocycles. The molecular weight excluding hydrogens is 372 g/mol. The molecule has 6 nitrogen and oxygen atoms in total. The van der Waals surface area contributed by atoms with Gasteiger partial charge in [-0.05, 0) is 63.7 Å². The summed E-state index contributed by atoms with van der Waals surface area (Å²) in [5.74, 6) is 1.72. The highest BCUT2D eigenvalue weighted by Gasteiger charge is 2.15. The van der Waals surface area contributed by atoms with Gasteiger partial charge < -0.3 is 10.6 Å². The lowest BCUT2D eigenvalue weighted by molar-refractivity contribution is 0.185. The number of piperidine rings is 1. The van der Waals surface area contributed by atoms with E-state index in [4.69, 9.17) is 4.99 Å². The Morgan fingerprint density at radius 3 is 2.57 bits per heavy atom. The van der Waals surface area contributed by atoms with E-state index in [0.717, 1.165) is 37.2 Å². The molecular formula is C24H38N6. The minimum Gasteiger partial charge on any atom is -0.357 e. The van der Waals surface area contributed by atoms with Crippen LogP contribution in [0, 0.1) is 19.8 Å². The van der Waals surface area contributed by atoms with Crippen molar-refractivity contribution < 1.29 is 0 Å². The van der Waals surface area contributed by atoms with Gasteiger partial charge in [0.2, 0.25) is 0 Å². The predicted molar refractivity (Wildman–Crippen MR) is 124 cm³/mol. The van der Waals surface area contributed by atoms with E-state index in [0.29, 0.717) is 6.54 Å². The van der Waals surface area contributed by atoms with Crippen LogP contribution in [0.5, 0.6) is 0 Å². The maximum Gasteiger partial charge on any atom is 0.191 e. The largest absolute Gasteiger partial charge is 0.357 e. The molecule has 0 radical (unpaired) electrons. The van der Waals surface area contributed by atoms with Gasteiger partial charge in [0, 0.05) is 37.9 Å². The molecule has 1 aliphatic heterocycles. The molecule has 1 aromatic carbocycles. The summed E-state index contributed by atoms with van der Waals surface area (Å²) in [5.41, 5.74) is 6.13. The smallest absolute Gasteiger partial charge is 0.191 e. The molecule has 6 heteroatoms. The zero-order valence-corrected chi connectivity index (χ0v) is 19.3. The fraction of sp³-hybridized carbons (Fsp3) is 0.583. The van der Waals surface area contributed by atoms with Gasteiger partial charge in [-0.2, -0.15) is 5.10 Å². The lowest BCUT2D eigenvalue weighted by atomic mass is 9.98. The Labute approximate surface area is 181 Å². The maximum absolute atomic E-state index is 4.82. The van der Waals surface area contributed by atoms with Gasteiger partial charge in [-0.1, -0.05) is 31.2 Å². The molecule has 1 aliphatic rings. The van der Waals surface area contributed by atoms with Crippen LogP contribution in [0.2, 0.25) is 0 Å². The highest BCUT2D eigenvalue weighted by molar-refractivity contribution is 5.79. The maximum atomic E-state index is 4.82. The van der Waals surface area contributed by atoms with Crippen molar-refractivity contribution in [3.8, 4) is 0 Å². The van der Waals surface area contributed by atoms with Crippen LogP contribution in [-0.2, 0) is 26.7 Å². The van der Waals surface area contributed by atoms with Crippen molar-refractivity contribution in [1.29, 1.82) is 0 Å². The first-order valence-electron chi connectivity index (χ1n) is 11.3. The minimum atomic E-state index is 0.672. The molecule has 0 amide bonds. The summed E-state index contributed by atoms with van der Waals surface area (Å²) in [4.78, 5) is 7.39. The van der Waals surface area contributed by atoms with E-state index in [1.807, 2.05) is 11.7 Å². The molecule has 1 fully saturated rings.